The number of nitrogens with zero attached hydrogens (tertiary/aromatic N) is 2. The summed E-state index contributed by atoms with van der Waals surface area (Å²) in [7, 11) is 0. The van der Waals surface area contributed by atoms with Crippen molar-refractivity contribution in [3.63, 3.8) is 0 Å². The fraction of sp³-hybridized carbons (Fsp3) is 0.375. The van der Waals surface area contributed by atoms with Crippen LogP contribution < -0.4 is 10.9 Å². The van der Waals surface area contributed by atoms with Gasteiger partial charge in [-0.2, -0.15) is 0 Å². The third-order valence-corrected chi connectivity index (χ3v) is 6.70. The summed E-state index contributed by atoms with van der Waals surface area (Å²) in [6.07, 6.45) is 5.71. The van der Waals surface area contributed by atoms with Crippen molar-refractivity contribution in [3.8, 4) is 0 Å². The lowest BCUT2D eigenvalue weighted by atomic mass is 9.95. The number of hydrogen-bond acceptors (Lipinski definition) is 4. The van der Waals surface area contributed by atoms with Crippen LogP contribution in [0.25, 0.3) is 10.9 Å². The molecule has 1 aromatic heterocycles. The van der Waals surface area contributed by atoms with Crippen LogP contribution in [0.2, 0.25) is 0 Å². The highest BCUT2D eigenvalue weighted by molar-refractivity contribution is 8.00. The Morgan fingerprint density at radius 1 is 1.10 bits per heavy atom. The number of amides is 1. The molecule has 2 aromatic carbocycles. The molecule has 30 heavy (non-hydrogen) atoms. The molecular weight excluding hydrogens is 394 g/mol. The van der Waals surface area contributed by atoms with Crippen molar-refractivity contribution < 1.29 is 4.79 Å². The second kappa shape index (κ2) is 9.47. The number of hydrogen-bond donors (Lipinski definition) is 1. The van der Waals surface area contributed by atoms with E-state index in [-0.39, 0.29) is 22.8 Å². The van der Waals surface area contributed by atoms with Crippen molar-refractivity contribution in [1.82, 2.24) is 14.9 Å². The molecule has 0 aliphatic heterocycles. The number of benzene rings is 2. The number of carbonyl (C=O) groups is 1. The van der Waals surface area contributed by atoms with Crippen LogP contribution in [-0.2, 0) is 11.3 Å². The molecule has 4 rings (SSSR count). The highest BCUT2D eigenvalue weighted by Crippen LogP contribution is 2.24. The number of fused-ring (bicyclic) bond motifs is 1. The lowest BCUT2D eigenvalue weighted by molar-refractivity contribution is -0.121. The van der Waals surface area contributed by atoms with Gasteiger partial charge in [-0.1, -0.05) is 73.5 Å². The highest BCUT2D eigenvalue weighted by Gasteiger charge is 2.23. The SMILES string of the molecule is C[C@H](Sc1nc2ccccc2c(=O)n1Cc1ccccc1)C(=O)NC1CCCCC1. The lowest BCUT2D eigenvalue weighted by Crippen LogP contribution is -2.40. The number of thioether (sulfide) groups is 1. The van der Waals surface area contributed by atoms with Gasteiger partial charge in [0.15, 0.2) is 5.16 Å². The number of rotatable bonds is 6. The number of para-hydroxylation sites is 1. The van der Waals surface area contributed by atoms with Gasteiger partial charge in [-0.3, -0.25) is 14.2 Å². The largest absolute Gasteiger partial charge is 0.352 e. The molecule has 1 aliphatic carbocycles. The maximum absolute atomic E-state index is 13.2. The Hall–Kier alpha value is -2.60. The van der Waals surface area contributed by atoms with Crippen LogP contribution in [0.15, 0.2) is 64.5 Å². The summed E-state index contributed by atoms with van der Waals surface area (Å²) in [5.74, 6) is 0.0144. The van der Waals surface area contributed by atoms with Crippen molar-refractivity contribution >= 4 is 28.6 Å². The zero-order valence-electron chi connectivity index (χ0n) is 17.2. The molecule has 0 bridgehead atoms. The average Bonchev–Trinajstić information content (AvgIpc) is 2.78. The molecular formula is C24H27N3O2S. The molecule has 3 aromatic rings. The molecule has 0 saturated heterocycles. The molecule has 1 fully saturated rings. The summed E-state index contributed by atoms with van der Waals surface area (Å²) in [6, 6.07) is 17.5. The highest BCUT2D eigenvalue weighted by atomic mass is 32.2. The Kier molecular flexibility index (Phi) is 6.53. The summed E-state index contributed by atoms with van der Waals surface area (Å²) in [5, 5.41) is 4.03. The van der Waals surface area contributed by atoms with E-state index in [1.807, 2.05) is 55.5 Å². The van der Waals surface area contributed by atoms with Gasteiger partial charge in [-0.05, 0) is 37.5 Å². The predicted octanol–water partition coefficient (Wildman–Crippen LogP) is 4.37. The Bertz CT molecular complexity index is 1070. The van der Waals surface area contributed by atoms with Gasteiger partial charge in [-0.25, -0.2) is 4.98 Å². The molecule has 6 heteroatoms. The van der Waals surface area contributed by atoms with Gasteiger partial charge in [-0.15, -0.1) is 0 Å². The van der Waals surface area contributed by atoms with Gasteiger partial charge in [0.2, 0.25) is 5.91 Å². The molecule has 1 saturated carbocycles. The topological polar surface area (TPSA) is 64.0 Å². The number of nitrogens with one attached hydrogen (secondary N) is 1. The number of aromatic nitrogens is 2. The number of carbonyl (C=O) groups excluding carboxylic acids is 1. The van der Waals surface area contributed by atoms with E-state index in [4.69, 9.17) is 4.98 Å². The first-order valence-electron chi connectivity index (χ1n) is 10.6. The van der Waals surface area contributed by atoms with Gasteiger partial charge in [0, 0.05) is 6.04 Å². The first kappa shape index (κ1) is 20.7. The van der Waals surface area contributed by atoms with Crippen molar-refractivity contribution in [2.24, 2.45) is 0 Å². The molecule has 1 heterocycles. The van der Waals surface area contributed by atoms with Crippen molar-refractivity contribution in [3.05, 3.63) is 70.5 Å². The van der Waals surface area contributed by atoms with Crippen LogP contribution >= 0.6 is 11.8 Å². The summed E-state index contributed by atoms with van der Waals surface area (Å²) in [5.41, 5.74) is 1.61. The lowest BCUT2D eigenvalue weighted by Gasteiger charge is -2.24. The molecule has 0 unspecified atom stereocenters. The molecule has 1 atom stereocenters. The van der Waals surface area contributed by atoms with Crippen LogP contribution in [0.4, 0.5) is 0 Å². The monoisotopic (exact) mass is 421 g/mol. The molecule has 1 amide bonds. The average molecular weight is 422 g/mol. The first-order chi connectivity index (χ1) is 14.6. The van der Waals surface area contributed by atoms with Crippen LogP contribution in [0, 0.1) is 0 Å². The van der Waals surface area contributed by atoms with Gasteiger partial charge in [0.25, 0.3) is 5.56 Å². The van der Waals surface area contributed by atoms with E-state index in [1.54, 1.807) is 10.6 Å². The van der Waals surface area contributed by atoms with E-state index in [0.29, 0.717) is 22.6 Å². The minimum absolute atomic E-state index is 0.0144. The van der Waals surface area contributed by atoms with Gasteiger partial charge in [0.05, 0.1) is 22.7 Å². The molecule has 0 spiro atoms. The summed E-state index contributed by atoms with van der Waals surface area (Å²) in [6.45, 7) is 2.31. The van der Waals surface area contributed by atoms with Gasteiger partial charge in [0.1, 0.15) is 0 Å². The van der Waals surface area contributed by atoms with Crippen LogP contribution in [0.3, 0.4) is 0 Å². The minimum Gasteiger partial charge on any atom is -0.352 e. The van der Waals surface area contributed by atoms with E-state index in [0.717, 1.165) is 18.4 Å². The van der Waals surface area contributed by atoms with E-state index >= 15 is 0 Å². The third kappa shape index (κ3) is 4.75. The van der Waals surface area contributed by atoms with Gasteiger partial charge < -0.3 is 5.32 Å². The summed E-state index contributed by atoms with van der Waals surface area (Å²) < 4.78 is 1.69. The maximum atomic E-state index is 13.2. The molecule has 0 radical (unpaired) electrons. The second-order valence-corrected chi connectivity index (χ2v) is 9.20. The summed E-state index contributed by atoms with van der Waals surface area (Å²) in [4.78, 5) is 30.8. The Labute approximate surface area is 180 Å². The third-order valence-electron chi connectivity index (χ3n) is 5.61. The van der Waals surface area contributed by atoms with E-state index < -0.39 is 0 Å². The second-order valence-electron chi connectivity index (χ2n) is 7.89. The Morgan fingerprint density at radius 3 is 2.57 bits per heavy atom. The van der Waals surface area contributed by atoms with E-state index in [2.05, 4.69) is 5.32 Å². The fourth-order valence-electron chi connectivity index (χ4n) is 3.92. The van der Waals surface area contributed by atoms with Crippen molar-refractivity contribution in [2.45, 2.75) is 62.0 Å². The normalized spacial score (nSPS) is 15.8. The Morgan fingerprint density at radius 2 is 1.80 bits per heavy atom. The van der Waals surface area contributed by atoms with E-state index in [9.17, 15) is 9.59 Å². The zero-order chi connectivity index (χ0) is 20.9. The van der Waals surface area contributed by atoms with Crippen LogP contribution in [0.1, 0.15) is 44.6 Å². The maximum Gasteiger partial charge on any atom is 0.262 e. The summed E-state index contributed by atoms with van der Waals surface area (Å²) >= 11 is 1.35. The van der Waals surface area contributed by atoms with Crippen molar-refractivity contribution in [1.29, 1.82) is 0 Å². The smallest absolute Gasteiger partial charge is 0.262 e. The molecule has 1 N–H and O–H groups in total. The zero-order valence-corrected chi connectivity index (χ0v) is 18.0. The fourth-order valence-corrected chi connectivity index (χ4v) is 4.84. The molecule has 1 aliphatic rings. The van der Waals surface area contributed by atoms with E-state index in [1.165, 1.54) is 31.0 Å². The van der Waals surface area contributed by atoms with Crippen LogP contribution in [0.5, 0.6) is 0 Å². The first-order valence-corrected chi connectivity index (χ1v) is 11.5. The van der Waals surface area contributed by atoms with Gasteiger partial charge >= 0.3 is 0 Å². The van der Waals surface area contributed by atoms with Crippen LogP contribution in [-0.4, -0.2) is 26.8 Å². The standard InChI is InChI=1S/C24H27N3O2S/c1-17(22(28)25-19-12-6-3-7-13-19)30-24-26-21-15-9-8-14-20(21)23(29)27(24)16-18-10-4-2-5-11-18/h2,4-5,8-11,14-15,17,19H,3,6-7,12-13,16H2,1H3,(H,25,28)/t17-/m0/s1. The Balaban J connectivity index is 1.62. The predicted molar refractivity (Wildman–Crippen MR) is 122 cm³/mol. The quantitative estimate of drug-likeness (QED) is 0.474. The molecule has 156 valence electrons. The van der Waals surface area contributed by atoms with Crippen molar-refractivity contribution in [2.75, 3.05) is 0 Å². The molecule has 5 nitrogen and oxygen atoms in total. The minimum atomic E-state index is -0.331.